The molecule has 0 bridgehead atoms. The Balaban J connectivity index is 1.60. The van der Waals surface area contributed by atoms with Crippen LogP contribution in [0.15, 0.2) is 53.5 Å². The molecule has 2 aliphatic heterocycles. The molecule has 0 aromatic heterocycles. The van der Waals surface area contributed by atoms with Crippen molar-refractivity contribution < 1.29 is 14.3 Å². The number of para-hydroxylation sites is 2. The van der Waals surface area contributed by atoms with Crippen LogP contribution in [0.4, 0.5) is 5.69 Å². The molecule has 0 unspecified atom stereocenters. The predicted octanol–water partition coefficient (Wildman–Crippen LogP) is 4.18. The minimum Gasteiger partial charge on any atom is -0.485 e. The number of amides is 1. The highest BCUT2D eigenvalue weighted by Crippen LogP contribution is 2.34. The Hall–Kier alpha value is -2.47. The molecule has 0 radical (unpaired) electrons. The normalized spacial score (nSPS) is 22.9. The molecule has 0 aliphatic carbocycles. The number of fused-ring (bicyclic) bond motifs is 1. The first kappa shape index (κ1) is 17.9. The third kappa shape index (κ3) is 3.67. The van der Waals surface area contributed by atoms with Gasteiger partial charge in [0.25, 0.3) is 5.91 Å². The summed E-state index contributed by atoms with van der Waals surface area (Å²) in [5.41, 5.74) is 2.00. The van der Waals surface area contributed by atoms with E-state index in [1.807, 2.05) is 55.5 Å². The Morgan fingerprint density at radius 1 is 1.22 bits per heavy atom. The molecule has 2 aliphatic rings. The molecule has 5 nitrogen and oxygen atoms in total. The molecule has 2 atom stereocenters. The SMILES string of the molecule is CC[C@@H]1CSC(=Nc2cccc(C)c2)N1C(=O)[C@H]1COc2ccccc2O1. The quantitative estimate of drug-likeness (QED) is 0.799. The third-order valence-corrected chi connectivity index (χ3v) is 5.79. The van der Waals surface area contributed by atoms with E-state index in [0.29, 0.717) is 11.5 Å². The number of carbonyl (C=O) groups excluding carboxylic acids is 1. The summed E-state index contributed by atoms with van der Waals surface area (Å²) >= 11 is 1.62. The molecular weight excluding hydrogens is 360 g/mol. The summed E-state index contributed by atoms with van der Waals surface area (Å²) in [5.74, 6) is 2.04. The molecule has 2 aromatic rings. The summed E-state index contributed by atoms with van der Waals surface area (Å²) in [6.07, 6.45) is 0.214. The van der Waals surface area contributed by atoms with Gasteiger partial charge in [-0.25, -0.2) is 4.99 Å². The van der Waals surface area contributed by atoms with Gasteiger partial charge in [0, 0.05) is 11.8 Å². The number of thioether (sulfide) groups is 1. The molecule has 0 saturated carbocycles. The van der Waals surface area contributed by atoms with E-state index in [1.54, 1.807) is 16.7 Å². The molecule has 0 spiro atoms. The average Bonchev–Trinajstić information content (AvgIpc) is 3.09. The second-order valence-electron chi connectivity index (χ2n) is 6.68. The van der Waals surface area contributed by atoms with E-state index >= 15 is 0 Å². The van der Waals surface area contributed by atoms with Crippen molar-refractivity contribution in [1.29, 1.82) is 0 Å². The minimum atomic E-state index is -0.657. The van der Waals surface area contributed by atoms with Crippen molar-refractivity contribution in [3.8, 4) is 11.5 Å². The fraction of sp³-hybridized carbons (Fsp3) is 0.333. The van der Waals surface area contributed by atoms with Crippen LogP contribution >= 0.6 is 11.8 Å². The molecule has 140 valence electrons. The number of hydrogen-bond acceptors (Lipinski definition) is 5. The summed E-state index contributed by atoms with van der Waals surface area (Å²) in [4.78, 5) is 19.8. The second kappa shape index (κ2) is 7.64. The van der Waals surface area contributed by atoms with Crippen molar-refractivity contribution in [2.45, 2.75) is 32.4 Å². The maximum absolute atomic E-state index is 13.3. The smallest absolute Gasteiger partial charge is 0.273 e. The molecule has 6 heteroatoms. The van der Waals surface area contributed by atoms with Crippen LogP contribution in [0.1, 0.15) is 18.9 Å². The Morgan fingerprint density at radius 3 is 2.81 bits per heavy atom. The fourth-order valence-electron chi connectivity index (χ4n) is 3.24. The van der Waals surface area contributed by atoms with Crippen LogP contribution in [0.3, 0.4) is 0 Å². The summed E-state index contributed by atoms with van der Waals surface area (Å²) < 4.78 is 11.7. The van der Waals surface area contributed by atoms with E-state index in [0.717, 1.165) is 28.6 Å². The number of aryl methyl sites for hydroxylation is 1. The molecule has 1 amide bonds. The number of aliphatic imine (C=N–C) groups is 1. The van der Waals surface area contributed by atoms with Crippen LogP contribution in [0.2, 0.25) is 0 Å². The van der Waals surface area contributed by atoms with Crippen LogP contribution in [0, 0.1) is 6.92 Å². The van der Waals surface area contributed by atoms with Gasteiger partial charge in [-0.3, -0.25) is 9.69 Å². The van der Waals surface area contributed by atoms with Gasteiger partial charge in [-0.05, 0) is 43.2 Å². The molecule has 4 rings (SSSR count). The van der Waals surface area contributed by atoms with Gasteiger partial charge >= 0.3 is 0 Å². The maximum Gasteiger partial charge on any atom is 0.273 e. The van der Waals surface area contributed by atoms with Gasteiger partial charge in [0.05, 0.1) is 5.69 Å². The Morgan fingerprint density at radius 2 is 2.04 bits per heavy atom. The molecule has 27 heavy (non-hydrogen) atoms. The van der Waals surface area contributed by atoms with Crippen LogP contribution < -0.4 is 9.47 Å². The third-order valence-electron chi connectivity index (χ3n) is 4.70. The van der Waals surface area contributed by atoms with Crippen LogP contribution in [0.5, 0.6) is 11.5 Å². The standard InChI is InChI=1S/C21H22N2O3S/c1-3-16-13-27-21(22-15-8-6-7-14(2)11-15)23(16)20(24)19-12-25-17-9-4-5-10-18(17)26-19/h4-11,16,19H,3,12-13H2,1-2H3/t16-,19-/m1/s1. The number of carbonyl (C=O) groups is 1. The lowest BCUT2D eigenvalue weighted by Crippen LogP contribution is -2.49. The molecule has 2 heterocycles. The summed E-state index contributed by atoms with van der Waals surface area (Å²) in [6.45, 7) is 4.34. The van der Waals surface area contributed by atoms with E-state index < -0.39 is 6.10 Å². The van der Waals surface area contributed by atoms with Crippen molar-refractivity contribution in [3.63, 3.8) is 0 Å². The number of amidine groups is 1. The van der Waals surface area contributed by atoms with Gasteiger partial charge in [-0.2, -0.15) is 0 Å². The Labute approximate surface area is 163 Å². The van der Waals surface area contributed by atoms with Crippen molar-refractivity contribution in [2.24, 2.45) is 4.99 Å². The molecule has 2 aromatic carbocycles. The van der Waals surface area contributed by atoms with Gasteiger partial charge in [-0.15, -0.1) is 0 Å². The maximum atomic E-state index is 13.3. The molecule has 1 saturated heterocycles. The van der Waals surface area contributed by atoms with E-state index in [1.165, 1.54) is 0 Å². The van der Waals surface area contributed by atoms with E-state index in [9.17, 15) is 4.79 Å². The van der Waals surface area contributed by atoms with Gasteiger partial charge in [0.15, 0.2) is 16.7 Å². The highest BCUT2D eigenvalue weighted by Gasteiger charge is 2.40. The van der Waals surface area contributed by atoms with Gasteiger partial charge in [-0.1, -0.05) is 43.0 Å². The first-order valence-electron chi connectivity index (χ1n) is 9.15. The molecule has 1 fully saturated rings. The van der Waals surface area contributed by atoms with Gasteiger partial charge in [0.1, 0.15) is 6.61 Å². The lowest BCUT2D eigenvalue weighted by molar-refractivity contribution is -0.138. The number of rotatable bonds is 3. The first-order chi connectivity index (χ1) is 13.2. The highest BCUT2D eigenvalue weighted by molar-refractivity contribution is 8.14. The van der Waals surface area contributed by atoms with Crippen molar-refractivity contribution in [3.05, 3.63) is 54.1 Å². The van der Waals surface area contributed by atoms with Crippen LogP contribution in [0.25, 0.3) is 0 Å². The van der Waals surface area contributed by atoms with Gasteiger partial charge < -0.3 is 9.47 Å². The topological polar surface area (TPSA) is 51.1 Å². The number of nitrogens with zero attached hydrogens (tertiary/aromatic N) is 2. The van der Waals surface area contributed by atoms with Crippen molar-refractivity contribution in [1.82, 2.24) is 4.90 Å². The van der Waals surface area contributed by atoms with Crippen molar-refractivity contribution >= 4 is 28.5 Å². The van der Waals surface area contributed by atoms with Gasteiger partial charge in [0.2, 0.25) is 6.10 Å². The first-order valence-corrected chi connectivity index (χ1v) is 10.1. The van der Waals surface area contributed by atoms with Crippen LogP contribution in [-0.4, -0.2) is 40.5 Å². The average molecular weight is 382 g/mol. The largest absolute Gasteiger partial charge is 0.485 e. The predicted molar refractivity (Wildman–Crippen MR) is 108 cm³/mol. The number of ether oxygens (including phenoxy) is 2. The lowest BCUT2D eigenvalue weighted by Gasteiger charge is -2.31. The summed E-state index contributed by atoms with van der Waals surface area (Å²) in [5, 5.41) is 0.736. The van der Waals surface area contributed by atoms with E-state index in [4.69, 9.17) is 14.5 Å². The molecule has 0 N–H and O–H groups in total. The number of hydrogen-bond donors (Lipinski definition) is 0. The Bertz CT molecular complexity index is 883. The van der Waals surface area contributed by atoms with E-state index in [-0.39, 0.29) is 18.6 Å². The van der Waals surface area contributed by atoms with Crippen LogP contribution in [-0.2, 0) is 4.79 Å². The molecular formula is C21H22N2O3S. The zero-order valence-electron chi connectivity index (χ0n) is 15.4. The van der Waals surface area contributed by atoms with E-state index in [2.05, 4.69) is 6.92 Å². The fourth-order valence-corrected chi connectivity index (χ4v) is 4.51. The number of benzene rings is 2. The van der Waals surface area contributed by atoms with Crippen molar-refractivity contribution in [2.75, 3.05) is 12.4 Å². The zero-order valence-corrected chi connectivity index (χ0v) is 16.2. The minimum absolute atomic E-state index is 0.0900. The highest BCUT2D eigenvalue weighted by atomic mass is 32.2. The lowest BCUT2D eigenvalue weighted by atomic mass is 10.2. The second-order valence-corrected chi connectivity index (χ2v) is 7.67. The summed E-state index contributed by atoms with van der Waals surface area (Å²) in [6, 6.07) is 15.5. The monoisotopic (exact) mass is 382 g/mol. The Kier molecular flexibility index (Phi) is 5.07. The summed E-state index contributed by atoms with van der Waals surface area (Å²) in [7, 11) is 0. The zero-order chi connectivity index (χ0) is 18.8.